The molecule has 0 aromatic heterocycles. The Kier molecular flexibility index (Phi) is 3.80. The maximum atomic E-state index is 12.8. The summed E-state index contributed by atoms with van der Waals surface area (Å²) in [5.41, 5.74) is 0.884. The van der Waals surface area contributed by atoms with Crippen LogP contribution in [0.2, 0.25) is 0 Å². The molecule has 1 aromatic carbocycles. The van der Waals surface area contributed by atoms with Gasteiger partial charge >= 0.3 is 12.1 Å². The molecule has 1 heterocycles. The quantitative estimate of drug-likeness (QED) is 0.919. The molecule has 1 aromatic rings. The third kappa shape index (κ3) is 3.26. The van der Waals surface area contributed by atoms with Crippen LogP contribution in [-0.4, -0.2) is 35.2 Å². The number of hydrogen-bond donors (Lipinski definition) is 1. The van der Waals surface area contributed by atoms with Gasteiger partial charge in [0.25, 0.3) is 0 Å². The first kappa shape index (κ1) is 13.9. The first-order valence-electron chi connectivity index (χ1n) is 5.93. The van der Waals surface area contributed by atoms with Crippen LogP contribution in [0.25, 0.3) is 0 Å². The number of hydrogen-bond acceptors (Lipinski definition) is 2. The molecule has 2 atom stereocenters. The van der Waals surface area contributed by atoms with E-state index in [1.165, 1.54) is 0 Å². The molecule has 2 rings (SSSR count). The maximum Gasteiger partial charge on any atom is 0.393 e. The molecule has 19 heavy (non-hydrogen) atoms. The highest BCUT2D eigenvalue weighted by Gasteiger charge is 2.52. The van der Waals surface area contributed by atoms with E-state index in [4.69, 9.17) is 5.11 Å². The molecule has 6 heteroatoms. The second-order valence-corrected chi connectivity index (χ2v) is 4.77. The summed E-state index contributed by atoms with van der Waals surface area (Å²) in [6, 6.07) is 9.07. The molecule has 0 radical (unpaired) electrons. The minimum absolute atomic E-state index is 0.0611. The van der Waals surface area contributed by atoms with Crippen molar-refractivity contribution in [3.63, 3.8) is 0 Å². The smallest absolute Gasteiger partial charge is 0.393 e. The van der Waals surface area contributed by atoms with Crippen molar-refractivity contribution in [1.29, 1.82) is 0 Å². The number of rotatable bonds is 3. The fourth-order valence-corrected chi connectivity index (χ4v) is 2.44. The summed E-state index contributed by atoms with van der Waals surface area (Å²) in [4.78, 5) is 12.5. The molecular weight excluding hydrogens is 259 g/mol. The summed E-state index contributed by atoms with van der Waals surface area (Å²) in [6.07, 6.45) is -4.46. The molecule has 1 fully saturated rings. The summed E-state index contributed by atoms with van der Waals surface area (Å²) >= 11 is 0. The Morgan fingerprint density at radius 3 is 2.37 bits per heavy atom. The van der Waals surface area contributed by atoms with Gasteiger partial charge in [-0.1, -0.05) is 30.3 Å². The molecule has 1 saturated heterocycles. The first-order chi connectivity index (χ1) is 8.88. The number of benzene rings is 1. The molecule has 0 bridgehead atoms. The Labute approximate surface area is 108 Å². The molecule has 0 amide bonds. The largest absolute Gasteiger partial charge is 0.481 e. The van der Waals surface area contributed by atoms with E-state index in [0.29, 0.717) is 6.54 Å². The Hall–Kier alpha value is -1.56. The van der Waals surface area contributed by atoms with Gasteiger partial charge < -0.3 is 5.11 Å². The number of alkyl halides is 3. The fraction of sp³-hybridized carbons (Fsp3) is 0.462. The van der Waals surface area contributed by atoms with Crippen LogP contribution in [-0.2, 0) is 11.3 Å². The summed E-state index contributed by atoms with van der Waals surface area (Å²) in [7, 11) is 0. The third-order valence-corrected chi connectivity index (χ3v) is 3.38. The van der Waals surface area contributed by atoms with Gasteiger partial charge in [0.2, 0.25) is 0 Å². The summed E-state index contributed by atoms with van der Waals surface area (Å²) in [5.74, 6) is -4.53. The molecular formula is C13H14F3NO2. The average molecular weight is 273 g/mol. The van der Waals surface area contributed by atoms with Gasteiger partial charge in [0, 0.05) is 19.6 Å². The number of carboxylic acids is 1. The maximum absolute atomic E-state index is 12.8. The SMILES string of the molecule is O=C(O)C1CN(Cc2ccccc2)CC1C(F)(F)F. The summed E-state index contributed by atoms with van der Waals surface area (Å²) < 4.78 is 38.4. The number of likely N-dealkylation sites (tertiary alicyclic amines) is 1. The Morgan fingerprint density at radius 2 is 1.89 bits per heavy atom. The minimum Gasteiger partial charge on any atom is -0.481 e. The van der Waals surface area contributed by atoms with E-state index >= 15 is 0 Å². The molecule has 104 valence electrons. The van der Waals surface area contributed by atoms with Gasteiger partial charge in [0.15, 0.2) is 0 Å². The van der Waals surface area contributed by atoms with Gasteiger partial charge in [-0.2, -0.15) is 13.2 Å². The lowest BCUT2D eigenvalue weighted by atomic mass is 9.96. The van der Waals surface area contributed by atoms with Crippen LogP contribution in [0.1, 0.15) is 5.56 Å². The van der Waals surface area contributed by atoms with E-state index in [-0.39, 0.29) is 13.1 Å². The van der Waals surface area contributed by atoms with Gasteiger partial charge in [-0.3, -0.25) is 9.69 Å². The van der Waals surface area contributed by atoms with Crippen molar-refractivity contribution >= 4 is 5.97 Å². The van der Waals surface area contributed by atoms with Crippen LogP contribution in [0.15, 0.2) is 30.3 Å². The second kappa shape index (κ2) is 5.21. The number of aliphatic carboxylic acids is 1. The molecule has 1 aliphatic rings. The van der Waals surface area contributed by atoms with Crippen LogP contribution in [0.5, 0.6) is 0 Å². The van der Waals surface area contributed by atoms with Crippen LogP contribution in [0.4, 0.5) is 13.2 Å². The predicted octanol–water partition coefficient (Wildman–Crippen LogP) is 2.38. The number of nitrogens with zero attached hydrogens (tertiary/aromatic N) is 1. The molecule has 3 nitrogen and oxygen atoms in total. The van der Waals surface area contributed by atoms with E-state index < -0.39 is 24.0 Å². The highest BCUT2D eigenvalue weighted by Crippen LogP contribution is 2.38. The molecule has 1 N–H and O–H groups in total. The lowest BCUT2D eigenvalue weighted by Gasteiger charge is -2.18. The topological polar surface area (TPSA) is 40.5 Å². The lowest BCUT2D eigenvalue weighted by molar-refractivity contribution is -0.188. The van der Waals surface area contributed by atoms with Gasteiger partial charge in [-0.05, 0) is 5.56 Å². The molecule has 2 unspecified atom stereocenters. The predicted molar refractivity (Wildman–Crippen MR) is 62.4 cm³/mol. The van der Waals surface area contributed by atoms with E-state index in [0.717, 1.165) is 5.56 Å². The van der Waals surface area contributed by atoms with E-state index in [2.05, 4.69) is 0 Å². The lowest BCUT2D eigenvalue weighted by Crippen LogP contribution is -2.33. The highest BCUT2D eigenvalue weighted by atomic mass is 19.4. The van der Waals surface area contributed by atoms with Gasteiger partial charge in [-0.25, -0.2) is 0 Å². The zero-order valence-electron chi connectivity index (χ0n) is 10.1. The van der Waals surface area contributed by atoms with Crippen molar-refractivity contribution < 1.29 is 23.1 Å². The number of carbonyl (C=O) groups is 1. The van der Waals surface area contributed by atoms with Crippen molar-refractivity contribution in [2.45, 2.75) is 12.7 Å². The monoisotopic (exact) mass is 273 g/mol. The van der Waals surface area contributed by atoms with E-state index in [9.17, 15) is 18.0 Å². The molecule has 1 aliphatic heterocycles. The second-order valence-electron chi connectivity index (χ2n) is 4.77. The van der Waals surface area contributed by atoms with Gasteiger partial charge in [0.05, 0.1) is 11.8 Å². The highest BCUT2D eigenvalue weighted by molar-refractivity contribution is 5.71. The van der Waals surface area contributed by atoms with Crippen LogP contribution < -0.4 is 0 Å². The molecule has 0 aliphatic carbocycles. The number of halogens is 3. The van der Waals surface area contributed by atoms with Crippen molar-refractivity contribution in [2.24, 2.45) is 11.8 Å². The normalized spacial score (nSPS) is 24.6. The summed E-state index contributed by atoms with van der Waals surface area (Å²) in [6.45, 7) is 0.0287. The standard InChI is InChI=1S/C13H14F3NO2/c14-13(15,16)11-8-17(7-10(11)12(18)19)6-9-4-2-1-3-5-9/h1-5,10-11H,6-8H2,(H,18,19). The van der Waals surface area contributed by atoms with E-state index in [1.54, 1.807) is 17.0 Å². The number of carboxylic acid groups (broad SMARTS) is 1. The Morgan fingerprint density at radius 1 is 1.26 bits per heavy atom. The summed E-state index contributed by atoms with van der Waals surface area (Å²) in [5, 5.41) is 8.90. The fourth-order valence-electron chi connectivity index (χ4n) is 2.44. The zero-order valence-corrected chi connectivity index (χ0v) is 10.1. The third-order valence-electron chi connectivity index (χ3n) is 3.38. The van der Waals surface area contributed by atoms with Crippen molar-refractivity contribution in [3.05, 3.63) is 35.9 Å². The van der Waals surface area contributed by atoms with Gasteiger partial charge in [-0.15, -0.1) is 0 Å². The van der Waals surface area contributed by atoms with Crippen molar-refractivity contribution in [2.75, 3.05) is 13.1 Å². The van der Waals surface area contributed by atoms with Crippen LogP contribution in [0.3, 0.4) is 0 Å². The van der Waals surface area contributed by atoms with Crippen molar-refractivity contribution in [3.8, 4) is 0 Å². The van der Waals surface area contributed by atoms with Crippen LogP contribution in [0, 0.1) is 11.8 Å². The zero-order chi connectivity index (χ0) is 14.0. The van der Waals surface area contributed by atoms with Gasteiger partial charge in [0.1, 0.15) is 0 Å². The van der Waals surface area contributed by atoms with Crippen LogP contribution >= 0.6 is 0 Å². The van der Waals surface area contributed by atoms with Crippen molar-refractivity contribution in [1.82, 2.24) is 4.90 Å². The van der Waals surface area contributed by atoms with E-state index in [1.807, 2.05) is 18.2 Å². The molecule has 0 saturated carbocycles. The average Bonchev–Trinajstić information content (AvgIpc) is 2.74. The molecule has 0 spiro atoms. The first-order valence-corrected chi connectivity index (χ1v) is 5.93. The Balaban J connectivity index is 2.08. The Bertz CT molecular complexity index is 447. The minimum atomic E-state index is -4.46.